The van der Waals surface area contributed by atoms with Crippen LogP contribution < -0.4 is 11.1 Å². The maximum Gasteiger partial charge on any atom is 0.243 e. The summed E-state index contributed by atoms with van der Waals surface area (Å²) in [7, 11) is -3.56. The van der Waals surface area contributed by atoms with Crippen LogP contribution in [0, 0.1) is 5.92 Å². The number of carbonyl (C=O) groups excluding carboxylic acids is 1. The minimum Gasteiger partial charge on any atom is -0.327 e. The smallest absolute Gasteiger partial charge is 0.243 e. The van der Waals surface area contributed by atoms with Crippen LogP contribution >= 0.6 is 0 Å². The van der Waals surface area contributed by atoms with Crippen molar-refractivity contribution in [1.29, 1.82) is 0 Å². The molecule has 2 unspecified atom stereocenters. The van der Waals surface area contributed by atoms with E-state index in [0.717, 1.165) is 19.6 Å². The average molecular weight is 369 g/mol. The van der Waals surface area contributed by atoms with Gasteiger partial charge in [0.25, 0.3) is 0 Å². The van der Waals surface area contributed by atoms with Crippen molar-refractivity contribution in [3.8, 4) is 0 Å². The second-order valence-corrected chi connectivity index (χ2v) is 8.44. The van der Waals surface area contributed by atoms with Crippen molar-refractivity contribution in [2.45, 2.75) is 31.7 Å². The van der Waals surface area contributed by atoms with Gasteiger partial charge in [-0.15, -0.1) is 0 Å². The summed E-state index contributed by atoms with van der Waals surface area (Å²) in [5, 5.41) is 2.74. The average Bonchev–Trinajstić information content (AvgIpc) is 2.61. The SMILES string of the molecule is CCN1CCN(S(=O)(=O)c2cccc(NC(=O)C(C)C(C)N)c2)CC1. The lowest BCUT2D eigenvalue weighted by molar-refractivity contribution is -0.119. The summed E-state index contributed by atoms with van der Waals surface area (Å²) in [4.78, 5) is 14.5. The number of carbonyl (C=O) groups is 1. The van der Waals surface area contributed by atoms with Gasteiger partial charge in [-0.05, 0) is 31.7 Å². The molecule has 1 aromatic carbocycles. The van der Waals surface area contributed by atoms with E-state index in [1.165, 1.54) is 10.4 Å². The lowest BCUT2D eigenvalue weighted by Gasteiger charge is -2.33. The Morgan fingerprint density at radius 2 is 1.88 bits per heavy atom. The van der Waals surface area contributed by atoms with Crippen LogP contribution in [0.25, 0.3) is 0 Å². The number of amides is 1. The number of piperazine rings is 1. The van der Waals surface area contributed by atoms with Crippen molar-refractivity contribution >= 4 is 21.6 Å². The first-order valence-electron chi connectivity index (χ1n) is 8.64. The van der Waals surface area contributed by atoms with Crippen LogP contribution in [0.4, 0.5) is 5.69 Å². The van der Waals surface area contributed by atoms with Crippen LogP contribution in [0.15, 0.2) is 29.2 Å². The second-order valence-electron chi connectivity index (χ2n) is 6.50. The monoisotopic (exact) mass is 368 g/mol. The van der Waals surface area contributed by atoms with Gasteiger partial charge in [-0.25, -0.2) is 8.42 Å². The number of likely N-dealkylation sites (N-methyl/N-ethyl adjacent to an activating group) is 1. The number of nitrogens with one attached hydrogen (secondary N) is 1. The predicted molar refractivity (Wildman–Crippen MR) is 98.8 cm³/mol. The van der Waals surface area contributed by atoms with Gasteiger partial charge >= 0.3 is 0 Å². The minimum absolute atomic E-state index is 0.198. The molecule has 1 aliphatic heterocycles. The summed E-state index contributed by atoms with van der Waals surface area (Å²) in [5.74, 6) is -0.580. The number of hydrogen-bond donors (Lipinski definition) is 2. The normalized spacial score (nSPS) is 19.4. The Kier molecular flexibility index (Phi) is 6.56. The molecule has 1 aromatic rings. The first-order chi connectivity index (χ1) is 11.8. The zero-order valence-corrected chi connectivity index (χ0v) is 15.9. The highest BCUT2D eigenvalue weighted by Gasteiger charge is 2.28. The lowest BCUT2D eigenvalue weighted by Crippen LogP contribution is -2.48. The largest absolute Gasteiger partial charge is 0.327 e. The lowest BCUT2D eigenvalue weighted by atomic mass is 10.0. The first kappa shape index (κ1) is 19.8. The zero-order valence-electron chi connectivity index (χ0n) is 15.1. The van der Waals surface area contributed by atoms with Crippen molar-refractivity contribution in [2.24, 2.45) is 11.7 Å². The molecule has 0 aliphatic carbocycles. The molecule has 0 saturated carbocycles. The van der Waals surface area contributed by atoms with Gasteiger partial charge in [0, 0.05) is 37.9 Å². The molecule has 25 heavy (non-hydrogen) atoms. The fourth-order valence-corrected chi connectivity index (χ4v) is 4.13. The van der Waals surface area contributed by atoms with E-state index in [2.05, 4.69) is 17.1 Å². The van der Waals surface area contributed by atoms with Crippen molar-refractivity contribution in [3.05, 3.63) is 24.3 Å². The summed E-state index contributed by atoms with van der Waals surface area (Å²) < 4.78 is 27.2. The van der Waals surface area contributed by atoms with E-state index in [0.29, 0.717) is 18.8 Å². The molecule has 1 amide bonds. The third-order valence-corrected chi connectivity index (χ3v) is 6.61. The Bertz CT molecular complexity index is 698. The minimum atomic E-state index is -3.56. The van der Waals surface area contributed by atoms with Gasteiger partial charge < -0.3 is 16.0 Å². The summed E-state index contributed by atoms with van der Waals surface area (Å²) in [6.07, 6.45) is 0. The third kappa shape index (κ3) is 4.78. The van der Waals surface area contributed by atoms with E-state index in [4.69, 9.17) is 5.73 Å². The van der Waals surface area contributed by atoms with Gasteiger partial charge in [-0.1, -0.05) is 19.9 Å². The van der Waals surface area contributed by atoms with E-state index in [1.54, 1.807) is 32.0 Å². The Morgan fingerprint density at radius 1 is 1.24 bits per heavy atom. The van der Waals surface area contributed by atoms with Crippen molar-refractivity contribution in [1.82, 2.24) is 9.21 Å². The Balaban J connectivity index is 2.13. The van der Waals surface area contributed by atoms with Crippen LogP contribution in [0.5, 0.6) is 0 Å². The van der Waals surface area contributed by atoms with E-state index >= 15 is 0 Å². The van der Waals surface area contributed by atoms with E-state index in [1.807, 2.05) is 0 Å². The zero-order chi connectivity index (χ0) is 18.6. The molecule has 3 N–H and O–H groups in total. The Labute approximate surface area is 150 Å². The Hall–Kier alpha value is -1.48. The van der Waals surface area contributed by atoms with Gasteiger partial charge in [0.2, 0.25) is 15.9 Å². The molecule has 0 spiro atoms. The highest BCUT2D eigenvalue weighted by molar-refractivity contribution is 7.89. The second kappa shape index (κ2) is 8.27. The van der Waals surface area contributed by atoms with Crippen molar-refractivity contribution < 1.29 is 13.2 Å². The molecule has 0 radical (unpaired) electrons. The predicted octanol–water partition coefficient (Wildman–Crippen LogP) is 0.935. The van der Waals surface area contributed by atoms with Crippen LogP contribution in [0.2, 0.25) is 0 Å². The van der Waals surface area contributed by atoms with Crippen LogP contribution in [-0.2, 0) is 14.8 Å². The van der Waals surface area contributed by atoms with Crippen molar-refractivity contribution in [2.75, 3.05) is 38.0 Å². The number of nitrogens with two attached hydrogens (primary N) is 1. The van der Waals surface area contributed by atoms with Gasteiger partial charge in [-0.3, -0.25) is 4.79 Å². The third-order valence-electron chi connectivity index (χ3n) is 4.72. The maximum atomic E-state index is 12.8. The van der Waals surface area contributed by atoms with Gasteiger partial charge in [0.15, 0.2) is 0 Å². The summed E-state index contributed by atoms with van der Waals surface area (Å²) >= 11 is 0. The van der Waals surface area contributed by atoms with E-state index < -0.39 is 10.0 Å². The standard InChI is InChI=1S/C17H28N4O3S/c1-4-20-8-10-21(11-9-20)25(23,24)16-7-5-6-15(12-16)19-17(22)13(2)14(3)18/h5-7,12-14H,4,8-11,18H2,1-3H3,(H,19,22). The molecule has 2 rings (SSSR count). The molecule has 8 heteroatoms. The molecule has 1 saturated heterocycles. The molecule has 1 aliphatic rings. The molecule has 7 nitrogen and oxygen atoms in total. The summed E-state index contributed by atoms with van der Waals surface area (Å²) in [5.41, 5.74) is 6.21. The van der Waals surface area contributed by atoms with Crippen LogP contribution in [0.1, 0.15) is 20.8 Å². The van der Waals surface area contributed by atoms with Crippen molar-refractivity contribution in [3.63, 3.8) is 0 Å². The maximum absolute atomic E-state index is 12.8. The molecular weight excluding hydrogens is 340 g/mol. The topological polar surface area (TPSA) is 95.7 Å². The highest BCUT2D eigenvalue weighted by Crippen LogP contribution is 2.21. The van der Waals surface area contributed by atoms with Crippen LogP contribution in [0.3, 0.4) is 0 Å². The molecule has 1 fully saturated rings. The Morgan fingerprint density at radius 3 is 2.44 bits per heavy atom. The molecule has 0 bridgehead atoms. The fraction of sp³-hybridized carbons (Fsp3) is 0.588. The highest BCUT2D eigenvalue weighted by atomic mass is 32.2. The van der Waals surface area contributed by atoms with E-state index in [-0.39, 0.29) is 22.8 Å². The molecule has 140 valence electrons. The quantitative estimate of drug-likeness (QED) is 0.779. The molecule has 2 atom stereocenters. The number of hydrogen-bond acceptors (Lipinski definition) is 5. The number of anilines is 1. The number of nitrogens with zero attached hydrogens (tertiary/aromatic N) is 2. The fourth-order valence-electron chi connectivity index (χ4n) is 2.66. The number of sulfonamides is 1. The number of benzene rings is 1. The van der Waals surface area contributed by atoms with Gasteiger partial charge in [0.05, 0.1) is 10.8 Å². The summed E-state index contributed by atoms with van der Waals surface area (Å²) in [6.45, 7) is 8.93. The van der Waals surface area contributed by atoms with Gasteiger partial charge in [-0.2, -0.15) is 4.31 Å². The first-order valence-corrected chi connectivity index (χ1v) is 10.1. The van der Waals surface area contributed by atoms with Gasteiger partial charge in [0.1, 0.15) is 0 Å². The van der Waals surface area contributed by atoms with Crippen LogP contribution in [-0.4, -0.2) is 62.3 Å². The molecule has 0 aromatic heterocycles. The molecule has 1 heterocycles. The molecular formula is C17H28N4O3S. The number of rotatable bonds is 6. The summed E-state index contributed by atoms with van der Waals surface area (Å²) in [6, 6.07) is 6.11. The van der Waals surface area contributed by atoms with E-state index in [9.17, 15) is 13.2 Å².